The molecule has 1 heterocycles. The molecule has 0 aromatic heterocycles. The summed E-state index contributed by atoms with van der Waals surface area (Å²) in [4.78, 5) is 14.6. The molecule has 0 fully saturated rings. The van der Waals surface area contributed by atoms with Crippen LogP contribution in [-0.2, 0) is 9.53 Å². The summed E-state index contributed by atoms with van der Waals surface area (Å²) >= 11 is 0. The first-order valence-electron chi connectivity index (χ1n) is 3.60. The number of amidine groups is 1. The van der Waals surface area contributed by atoms with Gasteiger partial charge in [-0.1, -0.05) is 0 Å². The highest BCUT2D eigenvalue weighted by molar-refractivity contribution is 5.80. The zero-order valence-corrected chi connectivity index (χ0v) is 6.76. The van der Waals surface area contributed by atoms with Gasteiger partial charge in [-0.25, -0.2) is 0 Å². The van der Waals surface area contributed by atoms with Crippen molar-refractivity contribution in [3.63, 3.8) is 0 Å². The van der Waals surface area contributed by atoms with Crippen LogP contribution in [0.25, 0.3) is 0 Å². The topological polar surface area (TPSA) is 50.7 Å². The van der Waals surface area contributed by atoms with Crippen molar-refractivity contribution in [3.8, 4) is 0 Å². The highest BCUT2D eigenvalue weighted by atomic mass is 16.5. The van der Waals surface area contributed by atoms with Crippen molar-refractivity contribution >= 4 is 11.8 Å². The molecule has 11 heavy (non-hydrogen) atoms. The summed E-state index contributed by atoms with van der Waals surface area (Å²) in [5, 5.41) is 3.01. The first kappa shape index (κ1) is 8.04. The van der Waals surface area contributed by atoms with Gasteiger partial charge in [0.05, 0.1) is 18.9 Å². The standard InChI is InChI=1S/C7H12N2O2/c1-5-8-3-7(4-9-5)11-6(2)10/h7H,3-4H2,1-2H3,(H,8,9). The molecule has 1 aliphatic heterocycles. The first-order valence-corrected chi connectivity index (χ1v) is 3.60. The molecule has 0 aliphatic carbocycles. The fourth-order valence-electron chi connectivity index (χ4n) is 0.934. The van der Waals surface area contributed by atoms with Crippen LogP contribution < -0.4 is 5.32 Å². The van der Waals surface area contributed by atoms with Crippen LogP contribution in [0.3, 0.4) is 0 Å². The van der Waals surface area contributed by atoms with Crippen LogP contribution in [-0.4, -0.2) is 31.0 Å². The fraction of sp³-hybridized carbons (Fsp3) is 0.714. The Hall–Kier alpha value is -1.06. The van der Waals surface area contributed by atoms with Crippen molar-refractivity contribution in [2.45, 2.75) is 20.0 Å². The fourth-order valence-corrected chi connectivity index (χ4v) is 0.934. The van der Waals surface area contributed by atoms with E-state index in [1.807, 2.05) is 6.92 Å². The highest BCUT2D eigenvalue weighted by Gasteiger charge is 2.14. The van der Waals surface area contributed by atoms with Crippen LogP contribution in [0.1, 0.15) is 13.8 Å². The third-order valence-electron chi connectivity index (χ3n) is 1.45. The van der Waals surface area contributed by atoms with Gasteiger partial charge in [-0.3, -0.25) is 9.79 Å². The van der Waals surface area contributed by atoms with Gasteiger partial charge in [0.1, 0.15) is 6.10 Å². The number of nitrogens with one attached hydrogen (secondary N) is 1. The molecule has 1 aliphatic rings. The van der Waals surface area contributed by atoms with Crippen LogP contribution in [0.4, 0.5) is 0 Å². The molecular weight excluding hydrogens is 144 g/mol. The molecule has 0 saturated heterocycles. The number of hydrogen-bond acceptors (Lipinski definition) is 4. The average Bonchev–Trinajstić information content (AvgIpc) is 1.93. The van der Waals surface area contributed by atoms with Gasteiger partial charge in [-0.05, 0) is 6.92 Å². The molecule has 62 valence electrons. The van der Waals surface area contributed by atoms with Gasteiger partial charge in [0.15, 0.2) is 0 Å². The van der Waals surface area contributed by atoms with E-state index < -0.39 is 0 Å². The van der Waals surface area contributed by atoms with Crippen molar-refractivity contribution in [1.29, 1.82) is 0 Å². The lowest BCUT2D eigenvalue weighted by molar-refractivity contribution is -0.145. The Bertz CT molecular complexity index is 189. The maximum Gasteiger partial charge on any atom is 0.303 e. The van der Waals surface area contributed by atoms with Crippen molar-refractivity contribution in [1.82, 2.24) is 5.32 Å². The van der Waals surface area contributed by atoms with E-state index in [0.717, 1.165) is 5.84 Å². The number of nitrogens with zero attached hydrogens (tertiary/aromatic N) is 1. The molecule has 1 unspecified atom stereocenters. The van der Waals surface area contributed by atoms with Gasteiger partial charge in [0.2, 0.25) is 0 Å². The summed E-state index contributed by atoms with van der Waals surface area (Å²) in [5.74, 6) is 0.667. The van der Waals surface area contributed by atoms with E-state index in [0.29, 0.717) is 13.1 Å². The number of carbonyl (C=O) groups excluding carboxylic acids is 1. The molecule has 0 saturated carbocycles. The monoisotopic (exact) mass is 156 g/mol. The Kier molecular flexibility index (Phi) is 2.46. The lowest BCUT2D eigenvalue weighted by atomic mass is 10.3. The highest BCUT2D eigenvalue weighted by Crippen LogP contribution is 1.97. The molecule has 4 heteroatoms. The van der Waals surface area contributed by atoms with E-state index in [1.54, 1.807) is 0 Å². The van der Waals surface area contributed by atoms with Gasteiger partial charge >= 0.3 is 5.97 Å². The number of carbonyl (C=O) groups is 1. The maximum atomic E-state index is 10.5. The molecule has 0 aromatic carbocycles. The van der Waals surface area contributed by atoms with Crippen molar-refractivity contribution in [2.75, 3.05) is 13.1 Å². The van der Waals surface area contributed by atoms with Gasteiger partial charge < -0.3 is 10.1 Å². The summed E-state index contributed by atoms with van der Waals surface area (Å²) in [6, 6.07) is 0. The summed E-state index contributed by atoms with van der Waals surface area (Å²) in [6.07, 6.45) is -0.0869. The van der Waals surface area contributed by atoms with Gasteiger partial charge in [-0.15, -0.1) is 0 Å². The largest absolute Gasteiger partial charge is 0.459 e. The lowest BCUT2D eigenvalue weighted by Gasteiger charge is -2.20. The van der Waals surface area contributed by atoms with Crippen LogP contribution >= 0.6 is 0 Å². The number of rotatable bonds is 1. The van der Waals surface area contributed by atoms with E-state index in [1.165, 1.54) is 6.92 Å². The molecule has 0 amide bonds. The van der Waals surface area contributed by atoms with E-state index in [4.69, 9.17) is 4.74 Å². The van der Waals surface area contributed by atoms with Crippen LogP contribution in [0.2, 0.25) is 0 Å². The van der Waals surface area contributed by atoms with Crippen molar-refractivity contribution in [3.05, 3.63) is 0 Å². The second-order valence-corrected chi connectivity index (χ2v) is 2.54. The quantitative estimate of drug-likeness (QED) is 0.541. The van der Waals surface area contributed by atoms with E-state index in [-0.39, 0.29) is 12.1 Å². The Labute approximate surface area is 65.6 Å². The molecular formula is C7H12N2O2. The Morgan fingerprint density at radius 2 is 2.55 bits per heavy atom. The predicted molar refractivity (Wildman–Crippen MR) is 41.5 cm³/mol. The lowest BCUT2D eigenvalue weighted by Crippen LogP contribution is -2.39. The molecule has 0 bridgehead atoms. The Balaban J connectivity index is 2.35. The summed E-state index contributed by atoms with van der Waals surface area (Å²) < 4.78 is 4.93. The van der Waals surface area contributed by atoms with E-state index in [2.05, 4.69) is 10.3 Å². The predicted octanol–water partition coefficient (Wildman–Crippen LogP) is -0.0603. The smallest absolute Gasteiger partial charge is 0.303 e. The minimum Gasteiger partial charge on any atom is -0.459 e. The van der Waals surface area contributed by atoms with E-state index in [9.17, 15) is 4.79 Å². The summed E-state index contributed by atoms with van der Waals surface area (Å²) in [5.41, 5.74) is 0. The third-order valence-corrected chi connectivity index (χ3v) is 1.45. The zero-order chi connectivity index (χ0) is 8.27. The van der Waals surface area contributed by atoms with Gasteiger partial charge in [0, 0.05) is 6.92 Å². The van der Waals surface area contributed by atoms with Gasteiger partial charge in [0.25, 0.3) is 0 Å². The normalized spacial score (nSPS) is 23.5. The molecule has 1 rings (SSSR count). The van der Waals surface area contributed by atoms with Crippen LogP contribution in [0.15, 0.2) is 4.99 Å². The third kappa shape index (κ3) is 2.57. The Morgan fingerprint density at radius 1 is 1.82 bits per heavy atom. The maximum absolute atomic E-state index is 10.5. The van der Waals surface area contributed by atoms with Crippen LogP contribution in [0, 0.1) is 0 Å². The molecule has 0 radical (unpaired) electrons. The van der Waals surface area contributed by atoms with Crippen molar-refractivity contribution in [2.24, 2.45) is 4.99 Å². The SMILES string of the molecule is CC(=O)OC1CN=C(C)NC1. The number of hydrogen-bond donors (Lipinski definition) is 1. The van der Waals surface area contributed by atoms with Gasteiger partial charge in [-0.2, -0.15) is 0 Å². The molecule has 0 aromatic rings. The molecule has 1 atom stereocenters. The molecule has 0 spiro atoms. The van der Waals surface area contributed by atoms with Crippen molar-refractivity contribution < 1.29 is 9.53 Å². The zero-order valence-electron chi connectivity index (χ0n) is 6.76. The number of esters is 1. The Morgan fingerprint density at radius 3 is 3.00 bits per heavy atom. The molecule has 4 nitrogen and oxygen atoms in total. The minimum absolute atomic E-state index is 0.0869. The molecule has 1 N–H and O–H groups in total. The van der Waals surface area contributed by atoms with E-state index >= 15 is 0 Å². The second kappa shape index (κ2) is 3.37. The first-order chi connectivity index (χ1) is 5.18. The minimum atomic E-state index is -0.244. The summed E-state index contributed by atoms with van der Waals surface area (Å²) in [7, 11) is 0. The summed E-state index contributed by atoms with van der Waals surface area (Å²) in [6.45, 7) is 4.56. The number of ether oxygens (including phenoxy) is 1. The number of aliphatic imine (C=N–C) groups is 1. The van der Waals surface area contributed by atoms with Crippen LogP contribution in [0.5, 0.6) is 0 Å². The second-order valence-electron chi connectivity index (χ2n) is 2.54. The average molecular weight is 156 g/mol.